The molecule has 0 saturated heterocycles. The van der Waals surface area contributed by atoms with Crippen LogP contribution >= 0.6 is 0 Å². The van der Waals surface area contributed by atoms with Gasteiger partial charge in [0.05, 0.1) is 6.61 Å². The van der Waals surface area contributed by atoms with Crippen LogP contribution in [0.4, 0.5) is 0 Å². The minimum absolute atomic E-state index is 0.187. The van der Waals surface area contributed by atoms with Gasteiger partial charge in [-0.2, -0.15) is 0 Å². The number of hydrogen-bond acceptors (Lipinski definition) is 3. The molecule has 2 N–H and O–H groups in total. The van der Waals surface area contributed by atoms with E-state index in [2.05, 4.69) is 0 Å². The molecule has 4 nitrogen and oxygen atoms in total. The Morgan fingerprint density at radius 2 is 1.84 bits per heavy atom. The Hall–Kier alpha value is -2.49. The summed E-state index contributed by atoms with van der Waals surface area (Å²) in [7, 11) is 0. The Morgan fingerprint density at radius 1 is 1.11 bits per heavy atom. The molecule has 2 aromatic carbocycles. The van der Waals surface area contributed by atoms with E-state index in [4.69, 9.17) is 4.74 Å². The van der Waals surface area contributed by atoms with E-state index in [0.717, 1.165) is 23.1 Å². The van der Waals surface area contributed by atoms with Gasteiger partial charge in [0.25, 0.3) is 0 Å². The van der Waals surface area contributed by atoms with E-state index >= 15 is 0 Å². The van der Waals surface area contributed by atoms with Crippen molar-refractivity contribution in [3.8, 4) is 22.6 Å². The molecule has 1 aliphatic rings. The number of hydrogen-bond donors (Lipinski definition) is 2. The van der Waals surface area contributed by atoms with Gasteiger partial charge < -0.3 is 14.9 Å². The van der Waals surface area contributed by atoms with Crippen LogP contribution in [-0.4, -0.2) is 22.8 Å². The first-order valence-electron chi connectivity index (χ1n) is 5.97. The standard InChI is InChI=1S/C15H12O4/c16-12-3-1-9(2-4-12)11-7-10-5-6-19-14(10)13(8-11)15(17)18/h1-4,7-8,16H,5-6H2,(H,17,18). The van der Waals surface area contributed by atoms with Gasteiger partial charge in [-0.25, -0.2) is 4.79 Å². The minimum atomic E-state index is -0.987. The van der Waals surface area contributed by atoms with Crippen LogP contribution in [0.1, 0.15) is 15.9 Å². The molecule has 3 rings (SSSR count). The van der Waals surface area contributed by atoms with E-state index < -0.39 is 5.97 Å². The van der Waals surface area contributed by atoms with Gasteiger partial charge in [-0.05, 0) is 41.0 Å². The minimum Gasteiger partial charge on any atom is -0.508 e. The zero-order valence-corrected chi connectivity index (χ0v) is 10.1. The molecule has 96 valence electrons. The number of carbonyl (C=O) groups is 1. The van der Waals surface area contributed by atoms with Crippen molar-refractivity contribution < 1.29 is 19.7 Å². The normalized spacial score (nSPS) is 12.8. The molecule has 2 aromatic rings. The number of phenols is 1. The molecule has 0 aromatic heterocycles. The number of rotatable bonds is 2. The highest BCUT2D eigenvalue weighted by Gasteiger charge is 2.22. The van der Waals surface area contributed by atoms with E-state index in [-0.39, 0.29) is 11.3 Å². The Labute approximate surface area is 109 Å². The fourth-order valence-electron chi connectivity index (χ4n) is 2.29. The van der Waals surface area contributed by atoms with Crippen molar-refractivity contribution in [3.63, 3.8) is 0 Å². The lowest BCUT2D eigenvalue weighted by molar-refractivity contribution is 0.0693. The summed E-state index contributed by atoms with van der Waals surface area (Å²) >= 11 is 0. The van der Waals surface area contributed by atoms with Gasteiger partial charge in [0.2, 0.25) is 0 Å². The highest BCUT2D eigenvalue weighted by atomic mass is 16.5. The summed E-state index contributed by atoms with van der Waals surface area (Å²) in [5, 5.41) is 18.5. The van der Waals surface area contributed by atoms with Gasteiger partial charge in [0.1, 0.15) is 17.1 Å². The lowest BCUT2D eigenvalue weighted by Gasteiger charge is -2.08. The number of benzene rings is 2. The lowest BCUT2D eigenvalue weighted by Crippen LogP contribution is -2.00. The van der Waals surface area contributed by atoms with Crippen LogP contribution in [-0.2, 0) is 6.42 Å². The average molecular weight is 256 g/mol. The smallest absolute Gasteiger partial charge is 0.339 e. The van der Waals surface area contributed by atoms with Gasteiger partial charge in [0, 0.05) is 6.42 Å². The van der Waals surface area contributed by atoms with E-state index in [0.29, 0.717) is 12.4 Å². The van der Waals surface area contributed by atoms with E-state index in [1.165, 1.54) is 0 Å². The third kappa shape index (κ3) is 2.01. The van der Waals surface area contributed by atoms with Crippen molar-refractivity contribution >= 4 is 5.97 Å². The summed E-state index contributed by atoms with van der Waals surface area (Å²) in [6, 6.07) is 10.2. The van der Waals surface area contributed by atoms with Crippen molar-refractivity contribution in [2.75, 3.05) is 6.61 Å². The molecule has 0 bridgehead atoms. The Kier molecular flexibility index (Phi) is 2.63. The van der Waals surface area contributed by atoms with Crippen LogP contribution in [0.3, 0.4) is 0 Å². The Balaban J connectivity index is 2.15. The number of carboxylic acid groups (broad SMARTS) is 1. The molecule has 0 amide bonds. The maximum atomic E-state index is 11.3. The summed E-state index contributed by atoms with van der Waals surface area (Å²) in [5.74, 6) is -0.319. The van der Waals surface area contributed by atoms with Crippen LogP contribution in [0.2, 0.25) is 0 Å². The largest absolute Gasteiger partial charge is 0.508 e. The molecule has 0 fully saturated rings. The molecule has 0 atom stereocenters. The van der Waals surface area contributed by atoms with Gasteiger partial charge in [-0.1, -0.05) is 12.1 Å². The summed E-state index contributed by atoms with van der Waals surface area (Å²) in [6.07, 6.45) is 0.724. The molecule has 4 heteroatoms. The summed E-state index contributed by atoms with van der Waals surface area (Å²) in [5.41, 5.74) is 2.80. The SMILES string of the molecule is O=C(O)c1cc(-c2ccc(O)cc2)cc2c1OCC2. The third-order valence-electron chi connectivity index (χ3n) is 3.21. The first-order valence-corrected chi connectivity index (χ1v) is 5.97. The molecule has 0 unspecified atom stereocenters. The fraction of sp³-hybridized carbons (Fsp3) is 0.133. The zero-order chi connectivity index (χ0) is 13.4. The molecular formula is C15H12O4. The summed E-state index contributed by atoms with van der Waals surface area (Å²) in [6.45, 7) is 0.522. The topological polar surface area (TPSA) is 66.8 Å². The maximum Gasteiger partial charge on any atom is 0.339 e. The summed E-state index contributed by atoms with van der Waals surface area (Å²) < 4.78 is 5.38. The second kappa shape index (κ2) is 4.31. The van der Waals surface area contributed by atoms with Crippen LogP contribution in [0.5, 0.6) is 11.5 Å². The Morgan fingerprint density at radius 3 is 2.53 bits per heavy atom. The second-order valence-corrected chi connectivity index (χ2v) is 4.46. The highest BCUT2D eigenvalue weighted by Crippen LogP contribution is 2.35. The predicted molar refractivity (Wildman–Crippen MR) is 69.7 cm³/mol. The van der Waals surface area contributed by atoms with E-state index in [9.17, 15) is 15.0 Å². The predicted octanol–water partition coefficient (Wildman–Crippen LogP) is 2.69. The zero-order valence-electron chi connectivity index (χ0n) is 10.1. The number of fused-ring (bicyclic) bond motifs is 1. The van der Waals surface area contributed by atoms with Crippen molar-refractivity contribution in [1.29, 1.82) is 0 Å². The van der Waals surface area contributed by atoms with Crippen LogP contribution in [0.15, 0.2) is 36.4 Å². The van der Waals surface area contributed by atoms with Crippen molar-refractivity contribution in [2.24, 2.45) is 0 Å². The number of carboxylic acids is 1. The van der Waals surface area contributed by atoms with Crippen LogP contribution in [0, 0.1) is 0 Å². The van der Waals surface area contributed by atoms with Crippen molar-refractivity contribution in [3.05, 3.63) is 47.5 Å². The molecule has 0 spiro atoms. The first-order chi connectivity index (χ1) is 9.15. The first kappa shape index (κ1) is 11.6. The number of phenolic OH excluding ortho intramolecular Hbond substituents is 1. The summed E-state index contributed by atoms with van der Waals surface area (Å²) in [4.78, 5) is 11.3. The highest BCUT2D eigenvalue weighted by molar-refractivity contribution is 5.93. The number of aromatic carboxylic acids is 1. The molecule has 0 saturated carbocycles. The average Bonchev–Trinajstić information content (AvgIpc) is 2.86. The quantitative estimate of drug-likeness (QED) is 0.867. The molecule has 19 heavy (non-hydrogen) atoms. The third-order valence-corrected chi connectivity index (χ3v) is 3.21. The maximum absolute atomic E-state index is 11.3. The van der Waals surface area contributed by atoms with Gasteiger partial charge in [-0.15, -0.1) is 0 Å². The number of ether oxygens (including phenoxy) is 1. The molecule has 1 heterocycles. The van der Waals surface area contributed by atoms with Gasteiger partial charge >= 0.3 is 5.97 Å². The fourth-order valence-corrected chi connectivity index (χ4v) is 2.29. The van der Waals surface area contributed by atoms with Gasteiger partial charge in [0.15, 0.2) is 0 Å². The van der Waals surface area contributed by atoms with E-state index in [1.807, 2.05) is 6.07 Å². The molecule has 0 aliphatic carbocycles. The van der Waals surface area contributed by atoms with Crippen molar-refractivity contribution in [2.45, 2.75) is 6.42 Å². The second-order valence-electron chi connectivity index (χ2n) is 4.46. The molecular weight excluding hydrogens is 244 g/mol. The van der Waals surface area contributed by atoms with Crippen LogP contribution in [0.25, 0.3) is 11.1 Å². The van der Waals surface area contributed by atoms with Crippen molar-refractivity contribution in [1.82, 2.24) is 0 Å². The Bertz CT molecular complexity index is 644. The lowest BCUT2D eigenvalue weighted by atomic mass is 9.98. The monoisotopic (exact) mass is 256 g/mol. The van der Waals surface area contributed by atoms with Crippen LogP contribution < -0.4 is 4.74 Å². The van der Waals surface area contributed by atoms with E-state index in [1.54, 1.807) is 30.3 Å². The number of aromatic hydroxyl groups is 1. The van der Waals surface area contributed by atoms with Gasteiger partial charge in [-0.3, -0.25) is 0 Å². The molecule has 1 aliphatic heterocycles. The molecule has 0 radical (unpaired) electrons.